The molecule has 2 aromatic carbocycles. The van der Waals surface area contributed by atoms with E-state index in [-0.39, 0.29) is 6.04 Å². The molecule has 0 saturated carbocycles. The topological polar surface area (TPSA) is 92.3 Å². The summed E-state index contributed by atoms with van der Waals surface area (Å²) in [7, 11) is 0. The van der Waals surface area contributed by atoms with Gasteiger partial charge in [0, 0.05) is 29.0 Å². The van der Waals surface area contributed by atoms with Crippen LogP contribution >= 0.6 is 11.6 Å². The first-order valence-electron chi connectivity index (χ1n) is 10.4. The van der Waals surface area contributed by atoms with Gasteiger partial charge in [0.1, 0.15) is 29.8 Å². The molecule has 0 aliphatic rings. The highest BCUT2D eigenvalue weighted by Gasteiger charge is 2.23. The predicted octanol–water partition coefficient (Wildman–Crippen LogP) is 5.89. The zero-order valence-corrected chi connectivity index (χ0v) is 18.9. The van der Waals surface area contributed by atoms with Crippen molar-refractivity contribution in [2.45, 2.75) is 19.9 Å². The van der Waals surface area contributed by atoms with Gasteiger partial charge < -0.3 is 10.3 Å². The Morgan fingerprint density at radius 3 is 2.38 bits per heavy atom. The van der Waals surface area contributed by atoms with Crippen LogP contribution < -0.4 is 5.32 Å². The molecule has 0 bridgehead atoms. The molecule has 10 heteroatoms. The Balaban J connectivity index is 1.75. The number of hydrogen-bond donors (Lipinski definition) is 2. The lowest BCUT2D eigenvalue weighted by Gasteiger charge is -2.24. The Labute approximate surface area is 198 Å². The lowest BCUT2D eigenvalue weighted by molar-refractivity contribution is 0.584. The van der Waals surface area contributed by atoms with Gasteiger partial charge in [-0.05, 0) is 59.9 Å². The van der Waals surface area contributed by atoms with Crippen LogP contribution in [0.15, 0.2) is 55.6 Å². The largest absolute Gasteiger partial charge is 0.362 e. The Morgan fingerprint density at radius 2 is 1.65 bits per heavy atom. The van der Waals surface area contributed by atoms with Crippen molar-refractivity contribution in [2.24, 2.45) is 0 Å². The van der Waals surface area contributed by atoms with E-state index in [0.29, 0.717) is 49.8 Å². The van der Waals surface area contributed by atoms with Crippen molar-refractivity contribution in [1.29, 1.82) is 0 Å². The van der Waals surface area contributed by atoms with E-state index < -0.39 is 11.6 Å². The van der Waals surface area contributed by atoms with E-state index in [4.69, 9.17) is 11.6 Å². The molecule has 1 atom stereocenters. The third-order valence-electron chi connectivity index (χ3n) is 5.59. The molecular formula is C24H18ClF2N7. The maximum absolute atomic E-state index is 14.3. The van der Waals surface area contributed by atoms with Crippen molar-refractivity contribution in [1.82, 2.24) is 29.9 Å². The average Bonchev–Trinajstić information content (AvgIpc) is 3.30. The second-order valence-corrected chi connectivity index (χ2v) is 8.20. The third-order valence-corrected chi connectivity index (χ3v) is 5.98. The molecule has 0 saturated heterocycles. The van der Waals surface area contributed by atoms with Crippen LogP contribution in [-0.2, 0) is 0 Å². The molecule has 5 aromatic rings. The second kappa shape index (κ2) is 8.75. The number of fused-ring (bicyclic) bond motifs is 1. The Kier molecular flexibility index (Phi) is 5.62. The first-order chi connectivity index (χ1) is 16.4. The predicted molar refractivity (Wildman–Crippen MR) is 126 cm³/mol. The maximum atomic E-state index is 14.3. The molecule has 3 heterocycles. The van der Waals surface area contributed by atoms with E-state index >= 15 is 0 Å². The minimum Gasteiger partial charge on any atom is -0.362 e. The molecule has 2 N–H and O–H groups in total. The summed E-state index contributed by atoms with van der Waals surface area (Å²) in [4.78, 5) is 24.0. The number of aromatic amines is 1. The standard InChI is InChI=1S/C24H18ClF2N7/c1-12-19(25)6-18(13(2)34-24-22-23(31-10-30-22)32-11-33-24)21(14-3-16(26)5-17(27)4-14)20(12)15-7-28-9-29-8-15/h3-11,13H,1-2H3,(H2,30,31,32,33,34). The van der Waals surface area contributed by atoms with E-state index in [9.17, 15) is 8.78 Å². The molecule has 0 spiro atoms. The third kappa shape index (κ3) is 3.94. The second-order valence-electron chi connectivity index (χ2n) is 7.80. The van der Waals surface area contributed by atoms with Gasteiger partial charge in [0.2, 0.25) is 0 Å². The molecule has 0 radical (unpaired) electrons. The first-order valence-corrected chi connectivity index (χ1v) is 10.8. The SMILES string of the molecule is Cc1c(Cl)cc(C(C)Nc2ncnc3[nH]cnc23)c(-c2cc(F)cc(F)c2)c1-c1cncnc1. The van der Waals surface area contributed by atoms with E-state index in [1.807, 2.05) is 13.8 Å². The van der Waals surface area contributed by atoms with Crippen LogP contribution in [0.5, 0.6) is 0 Å². The maximum Gasteiger partial charge on any atom is 0.162 e. The highest BCUT2D eigenvalue weighted by molar-refractivity contribution is 6.32. The summed E-state index contributed by atoms with van der Waals surface area (Å²) in [6.07, 6.45) is 7.66. The molecule has 7 nitrogen and oxygen atoms in total. The molecule has 0 aliphatic heterocycles. The fourth-order valence-corrected chi connectivity index (χ4v) is 4.27. The number of benzene rings is 2. The van der Waals surface area contributed by atoms with Crippen LogP contribution in [0.3, 0.4) is 0 Å². The van der Waals surface area contributed by atoms with Crippen molar-refractivity contribution in [3.8, 4) is 22.3 Å². The van der Waals surface area contributed by atoms with Crippen molar-refractivity contribution < 1.29 is 8.78 Å². The summed E-state index contributed by atoms with van der Waals surface area (Å²) >= 11 is 6.66. The minimum absolute atomic E-state index is 0.368. The van der Waals surface area contributed by atoms with Crippen LogP contribution in [0, 0.1) is 18.6 Å². The lowest BCUT2D eigenvalue weighted by atomic mass is 9.86. The van der Waals surface area contributed by atoms with Crippen molar-refractivity contribution in [2.75, 3.05) is 5.32 Å². The summed E-state index contributed by atoms with van der Waals surface area (Å²) in [5.41, 5.74) is 4.95. The van der Waals surface area contributed by atoms with Crippen LogP contribution in [0.1, 0.15) is 24.1 Å². The molecule has 0 fully saturated rings. The molecule has 0 aliphatic carbocycles. The number of anilines is 1. The van der Waals surface area contributed by atoms with E-state index in [1.165, 1.54) is 31.1 Å². The van der Waals surface area contributed by atoms with Crippen molar-refractivity contribution in [3.63, 3.8) is 0 Å². The van der Waals surface area contributed by atoms with Gasteiger partial charge in [-0.1, -0.05) is 11.6 Å². The van der Waals surface area contributed by atoms with Gasteiger partial charge in [0.05, 0.1) is 12.4 Å². The smallest absolute Gasteiger partial charge is 0.162 e. The quantitative estimate of drug-likeness (QED) is 0.328. The normalized spacial score (nSPS) is 12.1. The van der Waals surface area contributed by atoms with Crippen LogP contribution in [-0.4, -0.2) is 29.9 Å². The number of imidazole rings is 1. The van der Waals surface area contributed by atoms with Gasteiger partial charge in [-0.15, -0.1) is 0 Å². The number of rotatable bonds is 5. The molecular weight excluding hydrogens is 460 g/mol. The number of nitrogens with zero attached hydrogens (tertiary/aromatic N) is 5. The van der Waals surface area contributed by atoms with Gasteiger partial charge in [0.25, 0.3) is 0 Å². The summed E-state index contributed by atoms with van der Waals surface area (Å²) in [6, 6.07) is 4.85. The summed E-state index contributed by atoms with van der Waals surface area (Å²) < 4.78 is 28.6. The Hall–Kier alpha value is -3.98. The van der Waals surface area contributed by atoms with E-state index in [0.717, 1.165) is 11.6 Å². The summed E-state index contributed by atoms with van der Waals surface area (Å²) in [5.74, 6) is -0.853. The van der Waals surface area contributed by atoms with Gasteiger partial charge in [-0.2, -0.15) is 0 Å². The fraction of sp³-hybridized carbons (Fsp3) is 0.125. The molecule has 3 aromatic heterocycles. The highest BCUT2D eigenvalue weighted by Crippen LogP contribution is 2.43. The zero-order valence-electron chi connectivity index (χ0n) is 18.1. The first kappa shape index (κ1) is 21.8. The van der Waals surface area contributed by atoms with Gasteiger partial charge in [-0.25, -0.2) is 33.7 Å². The van der Waals surface area contributed by atoms with E-state index in [2.05, 4.69) is 35.2 Å². The molecule has 0 amide bonds. The zero-order chi connectivity index (χ0) is 23.8. The summed E-state index contributed by atoms with van der Waals surface area (Å²) in [5, 5.41) is 3.84. The van der Waals surface area contributed by atoms with Crippen LogP contribution in [0.25, 0.3) is 33.4 Å². The number of hydrogen-bond acceptors (Lipinski definition) is 6. The molecule has 34 heavy (non-hydrogen) atoms. The highest BCUT2D eigenvalue weighted by atomic mass is 35.5. The average molecular weight is 478 g/mol. The molecule has 5 rings (SSSR count). The number of H-pyrrole nitrogens is 1. The van der Waals surface area contributed by atoms with Gasteiger partial charge in [-0.3, -0.25) is 0 Å². The Morgan fingerprint density at radius 1 is 0.912 bits per heavy atom. The van der Waals surface area contributed by atoms with Crippen LogP contribution in [0.4, 0.5) is 14.6 Å². The van der Waals surface area contributed by atoms with Crippen LogP contribution in [0.2, 0.25) is 5.02 Å². The van der Waals surface area contributed by atoms with E-state index in [1.54, 1.807) is 18.5 Å². The Bertz CT molecular complexity index is 1480. The number of halogens is 3. The van der Waals surface area contributed by atoms with Crippen molar-refractivity contribution >= 4 is 28.6 Å². The summed E-state index contributed by atoms with van der Waals surface area (Å²) in [6.45, 7) is 3.76. The number of nitrogens with one attached hydrogen (secondary N) is 2. The fourth-order valence-electron chi connectivity index (χ4n) is 4.06. The number of aromatic nitrogens is 6. The molecule has 170 valence electrons. The molecule has 1 unspecified atom stereocenters. The van der Waals surface area contributed by atoms with Crippen molar-refractivity contribution in [3.05, 3.63) is 83.4 Å². The lowest BCUT2D eigenvalue weighted by Crippen LogP contribution is -2.11. The van der Waals surface area contributed by atoms with Gasteiger partial charge in [0.15, 0.2) is 11.5 Å². The minimum atomic E-state index is -0.682. The monoisotopic (exact) mass is 477 g/mol. The van der Waals surface area contributed by atoms with Gasteiger partial charge >= 0.3 is 0 Å².